The van der Waals surface area contributed by atoms with Crippen LogP contribution in [0.15, 0.2) is 42.5 Å². The van der Waals surface area contributed by atoms with Gasteiger partial charge in [0.25, 0.3) is 0 Å². The van der Waals surface area contributed by atoms with Crippen molar-refractivity contribution < 1.29 is 0 Å². The molecule has 0 radical (unpaired) electrons. The third-order valence-corrected chi connectivity index (χ3v) is 5.19. The molecule has 0 amide bonds. The summed E-state index contributed by atoms with van der Waals surface area (Å²) < 4.78 is 0. The molecular formula is C20H22. The Kier molecular flexibility index (Phi) is 3.10. The minimum absolute atomic E-state index is 0.825. The fourth-order valence-corrected chi connectivity index (χ4v) is 3.99. The Bertz CT molecular complexity index is 618. The van der Waals surface area contributed by atoms with Crippen LogP contribution >= 0.6 is 0 Å². The molecule has 2 aliphatic rings. The van der Waals surface area contributed by atoms with Gasteiger partial charge >= 0.3 is 0 Å². The maximum atomic E-state index is 2.52. The summed E-state index contributed by atoms with van der Waals surface area (Å²) in [5, 5.41) is 0. The second-order valence-electron chi connectivity index (χ2n) is 6.49. The van der Waals surface area contributed by atoms with Crippen LogP contribution in [-0.2, 0) is 12.8 Å². The molecule has 0 atom stereocenters. The van der Waals surface area contributed by atoms with Gasteiger partial charge < -0.3 is 0 Å². The van der Waals surface area contributed by atoms with E-state index in [1.165, 1.54) is 43.2 Å². The molecule has 2 aliphatic carbocycles. The molecule has 20 heavy (non-hydrogen) atoms. The van der Waals surface area contributed by atoms with Crippen molar-refractivity contribution in [1.82, 2.24) is 0 Å². The molecule has 0 heterocycles. The number of benzene rings is 2. The average molecular weight is 262 g/mol. The predicted octanol–water partition coefficient (Wildman–Crippen LogP) is 5.23. The van der Waals surface area contributed by atoms with Gasteiger partial charge in [-0.25, -0.2) is 0 Å². The Morgan fingerprint density at radius 1 is 0.650 bits per heavy atom. The van der Waals surface area contributed by atoms with Gasteiger partial charge in [0.15, 0.2) is 0 Å². The van der Waals surface area contributed by atoms with Crippen LogP contribution in [0.1, 0.15) is 65.8 Å². The summed E-state index contributed by atoms with van der Waals surface area (Å²) in [4.78, 5) is 0. The minimum Gasteiger partial charge on any atom is -0.0620 e. The highest BCUT2D eigenvalue weighted by molar-refractivity contribution is 5.46. The summed E-state index contributed by atoms with van der Waals surface area (Å²) in [6.45, 7) is 0. The molecule has 0 spiro atoms. The van der Waals surface area contributed by atoms with Gasteiger partial charge in [0, 0.05) is 0 Å². The first-order valence-corrected chi connectivity index (χ1v) is 8.08. The van der Waals surface area contributed by atoms with E-state index in [2.05, 4.69) is 42.5 Å². The third-order valence-electron chi connectivity index (χ3n) is 5.19. The number of rotatable bonds is 1. The second kappa shape index (κ2) is 5.09. The fraction of sp³-hybridized carbons (Fsp3) is 0.400. The first-order valence-electron chi connectivity index (χ1n) is 8.08. The molecule has 4 rings (SSSR count). The molecular weight excluding hydrogens is 240 g/mol. The molecule has 0 aromatic heterocycles. The molecule has 0 saturated heterocycles. The van der Waals surface area contributed by atoms with Crippen molar-refractivity contribution in [2.45, 2.75) is 50.9 Å². The van der Waals surface area contributed by atoms with Crippen LogP contribution in [0.5, 0.6) is 0 Å². The zero-order valence-electron chi connectivity index (χ0n) is 12.1. The van der Waals surface area contributed by atoms with Gasteiger partial charge in [0.05, 0.1) is 0 Å². The van der Waals surface area contributed by atoms with Gasteiger partial charge in [-0.1, -0.05) is 61.7 Å². The monoisotopic (exact) mass is 262 g/mol. The molecule has 2 aromatic carbocycles. The number of hydrogen-bond acceptors (Lipinski definition) is 0. The summed E-state index contributed by atoms with van der Waals surface area (Å²) in [5.74, 6) is 0.825. The molecule has 1 saturated carbocycles. The van der Waals surface area contributed by atoms with Crippen molar-refractivity contribution in [1.29, 1.82) is 0 Å². The highest BCUT2D eigenvalue weighted by Gasteiger charge is 2.19. The molecule has 1 fully saturated rings. The first kappa shape index (κ1) is 12.2. The lowest BCUT2D eigenvalue weighted by Gasteiger charge is -2.25. The van der Waals surface area contributed by atoms with Crippen LogP contribution in [0, 0.1) is 0 Å². The van der Waals surface area contributed by atoms with Crippen LogP contribution in [-0.4, -0.2) is 0 Å². The lowest BCUT2D eigenvalue weighted by atomic mass is 9.80. The van der Waals surface area contributed by atoms with Crippen LogP contribution in [0.3, 0.4) is 0 Å². The summed E-state index contributed by atoms with van der Waals surface area (Å²) in [6.07, 6.45) is 9.33. The second-order valence-corrected chi connectivity index (χ2v) is 6.49. The molecule has 0 aliphatic heterocycles. The van der Waals surface area contributed by atoms with E-state index in [-0.39, 0.29) is 0 Å². The molecule has 102 valence electrons. The van der Waals surface area contributed by atoms with Crippen LogP contribution in [0.25, 0.3) is 0 Å². The van der Waals surface area contributed by atoms with Gasteiger partial charge in [-0.05, 0) is 59.4 Å². The summed E-state index contributed by atoms with van der Waals surface area (Å²) in [5.41, 5.74) is 7.77. The Morgan fingerprint density at radius 2 is 1.30 bits per heavy atom. The van der Waals surface area contributed by atoms with Gasteiger partial charge in [-0.2, -0.15) is 0 Å². The lowest BCUT2D eigenvalue weighted by Crippen LogP contribution is -2.10. The maximum absolute atomic E-state index is 2.52. The quantitative estimate of drug-likeness (QED) is 0.563. The van der Waals surface area contributed by atoms with Crippen molar-refractivity contribution in [2.75, 3.05) is 0 Å². The van der Waals surface area contributed by atoms with E-state index in [1.807, 2.05) is 0 Å². The molecule has 0 heteroatoms. The van der Waals surface area contributed by atoms with Gasteiger partial charge in [0.1, 0.15) is 0 Å². The number of hydrogen-bond donors (Lipinski definition) is 0. The highest BCUT2D eigenvalue weighted by Crippen LogP contribution is 2.35. The molecule has 0 N–H and O–H groups in total. The van der Waals surface area contributed by atoms with E-state index in [9.17, 15) is 0 Å². The normalized spacial score (nSPS) is 18.4. The van der Waals surface area contributed by atoms with Crippen LogP contribution in [0.2, 0.25) is 0 Å². The van der Waals surface area contributed by atoms with E-state index >= 15 is 0 Å². The van der Waals surface area contributed by atoms with E-state index in [0.717, 1.165) is 18.8 Å². The largest absolute Gasteiger partial charge is 0.0620 e. The molecule has 0 bridgehead atoms. The smallest absolute Gasteiger partial charge is 0.00200 e. The summed E-state index contributed by atoms with van der Waals surface area (Å²) in [6, 6.07) is 16.2. The molecule has 2 aromatic rings. The van der Waals surface area contributed by atoms with Crippen LogP contribution < -0.4 is 0 Å². The Morgan fingerprint density at radius 3 is 2.05 bits per heavy atom. The fourth-order valence-electron chi connectivity index (χ4n) is 3.99. The third kappa shape index (κ3) is 2.18. The minimum atomic E-state index is 0.825. The maximum Gasteiger partial charge on any atom is -0.00200 e. The van der Waals surface area contributed by atoms with Crippen molar-refractivity contribution in [3.05, 3.63) is 70.3 Å². The van der Waals surface area contributed by atoms with Gasteiger partial charge in [-0.3, -0.25) is 0 Å². The van der Waals surface area contributed by atoms with E-state index in [4.69, 9.17) is 0 Å². The lowest BCUT2D eigenvalue weighted by molar-refractivity contribution is 0.443. The summed E-state index contributed by atoms with van der Waals surface area (Å²) >= 11 is 0. The van der Waals surface area contributed by atoms with Crippen LogP contribution in [0.4, 0.5) is 0 Å². The summed E-state index contributed by atoms with van der Waals surface area (Å²) in [7, 11) is 0. The standard InChI is InChI=1S/C20H22/c1-2-6-15(7-3-1)18-10-11-19-12-16-8-4-5-9-17(16)13-20(19)14-18/h4-5,8-11,14-15H,1-3,6-7,12-13H2. The highest BCUT2D eigenvalue weighted by atomic mass is 14.2. The van der Waals surface area contributed by atoms with E-state index in [1.54, 1.807) is 16.7 Å². The topological polar surface area (TPSA) is 0 Å². The molecule has 0 unspecified atom stereocenters. The average Bonchev–Trinajstić information content (AvgIpc) is 2.53. The zero-order valence-corrected chi connectivity index (χ0v) is 12.1. The van der Waals surface area contributed by atoms with Crippen molar-refractivity contribution in [3.63, 3.8) is 0 Å². The number of fused-ring (bicyclic) bond motifs is 2. The Labute approximate surface area is 121 Å². The van der Waals surface area contributed by atoms with Gasteiger partial charge in [-0.15, -0.1) is 0 Å². The van der Waals surface area contributed by atoms with Crippen molar-refractivity contribution >= 4 is 0 Å². The van der Waals surface area contributed by atoms with E-state index < -0.39 is 0 Å². The zero-order chi connectivity index (χ0) is 13.4. The predicted molar refractivity (Wildman–Crippen MR) is 84.3 cm³/mol. The van der Waals surface area contributed by atoms with Gasteiger partial charge in [0.2, 0.25) is 0 Å². The molecule has 0 nitrogen and oxygen atoms in total. The van der Waals surface area contributed by atoms with Crippen molar-refractivity contribution in [3.8, 4) is 0 Å². The SMILES string of the molecule is c1ccc2c(c1)Cc1ccc(C3CCCCC3)cc1C2. The Hall–Kier alpha value is -1.56. The first-order chi connectivity index (χ1) is 9.90. The van der Waals surface area contributed by atoms with E-state index in [0.29, 0.717) is 0 Å². The van der Waals surface area contributed by atoms with Crippen molar-refractivity contribution in [2.24, 2.45) is 0 Å². The Balaban J connectivity index is 1.65.